The Bertz CT molecular complexity index is 524. The van der Waals surface area contributed by atoms with Gasteiger partial charge in [0.15, 0.2) is 0 Å². The Morgan fingerprint density at radius 2 is 2.17 bits per heavy atom. The van der Waals surface area contributed by atoms with Crippen LogP contribution in [0.1, 0.15) is 30.7 Å². The minimum atomic E-state index is 0.0734. The fourth-order valence-electron chi connectivity index (χ4n) is 2.98. The van der Waals surface area contributed by atoms with Crippen molar-refractivity contribution in [2.75, 3.05) is 45.9 Å². The number of ether oxygens (including phenoxy) is 1. The lowest BCUT2D eigenvalue weighted by molar-refractivity contribution is -0.138. The number of carbonyl (C=O) groups is 1. The maximum Gasteiger partial charge on any atom is 0.228 e. The number of carbonyl (C=O) groups excluding carboxylic acids is 1. The largest absolute Gasteiger partial charge is 0.372 e. The summed E-state index contributed by atoms with van der Waals surface area (Å²) in [6, 6.07) is 0. The quantitative estimate of drug-likeness (QED) is 0.842. The van der Waals surface area contributed by atoms with Gasteiger partial charge in [0, 0.05) is 57.8 Å². The van der Waals surface area contributed by atoms with Crippen LogP contribution in [0.25, 0.3) is 0 Å². The highest BCUT2D eigenvalue weighted by Gasteiger charge is 2.31. The summed E-state index contributed by atoms with van der Waals surface area (Å²) in [7, 11) is 0. The fourth-order valence-corrected chi connectivity index (χ4v) is 3.79. The third kappa shape index (κ3) is 4.09. The van der Waals surface area contributed by atoms with Crippen LogP contribution in [0.4, 0.5) is 0 Å². The Balaban J connectivity index is 1.46. The molecule has 128 valence electrons. The molecule has 2 aliphatic rings. The Morgan fingerprint density at radius 3 is 2.78 bits per heavy atom. The molecule has 2 aliphatic heterocycles. The number of nitrogens with zero attached hydrogens (tertiary/aromatic N) is 3. The first kappa shape index (κ1) is 16.8. The zero-order valence-electron chi connectivity index (χ0n) is 14.0. The van der Waals surface area contributed by atoms with Crippen LogP contribution in [0.2, 0.25) is 0 Å². The smallest absolute Gasteiger partial charge is 0.228 e. The first-order valence-electron chi connectivity index (χ1n) is 8.45. The molecule has 23 heavy (non-hydrogen) atoms. The SMILES string of the molecule is CCOC(C)c1nc(CN2CCN(C(=O)C3CNC3)CC2)cs1. The molecule has 1 atom stereocenters. The second kappa shape index (κ2) is 7.70. The number of hydrogen-bond acceptors (Lipinski definition) is 6. The van der Waals surface area contributed by atoms with E-state index in [0.717, 1.165) is 56.5 Å². The molecule has 1 unspecified atom stereocenters. The van der Waals surface area contributed by atoms with Crippen LogP contribution < -0.4 is 5.32 Å². The fraction of sp³-hybridized carbons (Fsp3) is 0.750. The van der Waals surface area contributed by atoms with Gasteiger partial charge in [0.25, 0.3) is 0 Å². The lowest BCUT2D eigenvalue weighted by Gasteiger charge is -2.38. The van der Waals surface area contributed by atoms with E-state index in [9.17, 15) is 4.79 Å². The summed E-state index contributed by atoms with van der Waals surface area (Å²) in [4.78, 5) is 21.3. The molecular weight excluding hydrogens is 312 g/mol. The second-order valence-electron chi connectivity index (χ2n) is 6.23. The predicted molar refractivity (Wildman–Crippen MR) is 90.4 cm³/mol. The lowest BCUT2D eigenvalue weighted by Crippen LogP contribution is -2.56. The summed E-state index contributed by atoms with van der Waals surface area (Å²) < 4.78 is 5.60. The number of amides is 1. The van der Waals surface area contributed by atoms with E-state index in [2.05, 4.69) is 15.6 Å². The van der Waals surface area contributed by atoms with Crippen LogP contribution in [0.15, 0.2) is 5.38 Å². The van der Waals surface area contributed by atoms with Gasteiger partial charge in [-0.05, 0) is 13.8 Å². The van der Waals surface area contributed by atoms with Crippen molar-refractivity contribution in [3.8, 4) is 0 Å². The highest BCUT2D eigenvalue weighted by atomic mass is 32.1. The minimum absolute atomic E-state index is 0.0734. The third-order valence-corrected chi connectivity index (χ3v) is 5.59. The van der Waals surface area contributed by atoms with Gasteiger partial charge in [-0.15, -0.1) is 11.3 Å². The van der Waals surface area contributed by atoms with E-state index in [1.54, 1.807) is 11.3 Å². The molecular formula is C16H26N4O2S. The van der Waals surface area contributed by atoms with Gasteiger partial charge < -0.3 is 15.0 Å². The molecule has 0 spiro atoms. The molecule has 1 N–H and O–H groups in total. The summed E-state index contributed by atoms with van der Waals surface area (Å²) >= 11 is 1.67. The normalized spacial score (nSPS) is 21.2. The molecule has 1 amide bonds. The summed E-state index contributed by atoms with van der Waals surface area (Å²) in [5.74, 6) is 0.535. The van der Waals surface area contributed by atoms with Gasteiger partial charge in [0.05, 0.1) is 11.6 Å². The van der Waals surface area contributed by atoms with Gasteiger partial charge in [0.2, 0.25) is 5.91 Å². The molecule has 0 saturated carbocycles. The lowest BCUT2D eigenvalue weighted by atomic mass is 10.0. The summed E-state index contributed by atoms with van der Waals surface area (Å²) in [6.07, 6.45) is 0.0734. The van der Waals surface area contributed by atoms with Crippen molar-refractivity contribution in [1.29, 1.82) is 0 Å². The molecule has 1 aromatic rings. The van der Waals surface area contributed by atoms with Crippen molar-refractivity contribution in [3.05, 3.63) is 16.1 Å². The monoisotopic (exact) mass is 338 g/mol. The number of aromatic nitrogens is 1. The van der Waals surface area contributed by atoms with Crippen molar-refractivity contribution in [2.45, 2.75) is 26.5 Å². The maximum absolute atomic E-state index is 12.2. The summed E-state index contributed by atoms with van der Waals surface area (Å²) in [6.45, 7) is 10.8. The van der Waals surface area contributed by atoms with E-state index >= 15 is 0 Å². The number of rotatable bonds is 6. The van der Waals surface area contributed by atoms with Crippen LogP contribution in [0, 0.1) is 5.92 Å². The van der Waals surface area contributed by atoms with E-state index < -0.39 is 0 Å². The van der Waals surface area contributed by atoms with Gasteiger partial charge in [0.1, 0.15) is 11.1 Å². The Kier molecular flexibility index (Phi) is 5.63. The Morgan fingerprint density at radius 1 is 1.43 bits per heavy atom. The molecule has 0 aromatic carbocycles. The van der Waals surface area contributed by atoms with Gasteiger partial charge in [-0.2, -0.15) is 0 Å². The van der Waals surface area contributed by atoms with E-state index in [1.807, 2.05) is 18.7 Å². The number of piperazine rings is 1. The van der Waals surface area contributed by atoms with Crippen LogP contribution in [0.3, 0.4) is 0 Å². The van der Waals surface area contributed by atoms with Crippen molar-refractivity contribution >= 4 is 17.2 Å². The van der Waals surface area contributed by atoms with Gasteiger partial charge in [-0.25, -0.2) is 4.98 Å². The zero-order chi connectivity index (χ0) is 16.2. The van der Waals surface area contributed by atoms with Crippen LogP contribution >= 0.6 is 11.3 Å². The van der Waals surface area contributed by atoms with Gasteiger partial charge in [-0.3, -0.25) is 9.69 Å². The molecule has 0 bridgehead atoms. The number of hydrogen-bond donors (Lipinski definition) is 1. The van der Waals surface area contributed by atoms with Gasteiger partial charge >= 0.3 is 0 Å². The van der Waals surface area contributed by atoms with Crippen molar-refractivity contribution in [2.24, 2.45) is 5.92 Å². The summed E-state index contributed by atoms with van der Waals surface area (Å²) in [5, 5.41) is 6.34. The molecule has 2 fully saturated rings. The van der Waals surface area contributed by atoms with E-state index in [-0.39, 0.29) is 12.0 Å². The average molecular weight is 338 g/mol. The third-order valence-electron chi connectivity index (χ3n) is 4.53. The van der Waals surface area contributed by atoms with Crippen LogP contribution in [-0.2, 0) is 16.1 Å². The first-order valence-corrected chi connectivity index (χ1v) is 9.33. The Labute approximate surface area is 141 Å². The van der Waals surface area contributed by atoms with Crippen LogP contribution in [-0.4, -0.2) is 66.6 Å². The molecule has 6 nitrogen and oxygen atoms in total. The summed E-state index contributed by atoms with van der Waals surface area (Å²) in [5.41, 5.74) is 1.11. The van der Waals surface area contributed by atoms with Crippen LogP contribution in [0.5, 0.6) is 0 Å². The highest BCUT2D eigenvalue weighted by Crippen LogP contribution is 2.22. The molecule has 1 aromatic heterocycles. The Hall–Kier alpha value is -1.02. The molecule has 0 radical (unpaired) electrons. The minimum Gasteiger partial charge on any atom is -0.372 e. The molecule has 3 heterocycles. The second-order valence-corrected chi connectivity index (χ2v) is 7.12. The van der Waals surface area contributed by atoms with Gasteiger partial charge in [-0.1, -0.05) is 0 Å². The molecule has 3 rings (SSSR count). The van der Waals surface area contributed by atoms with Crippen molar-refractivity contribution in [3.63, 3.8) is 0 Å². The average Bonchev–Trinajstić information content (AvgIpc) is 2.95. The highest BCUT2D eigenvalue weighted by molar-refractivity contribution is 7.09. The van der Waals surface area contributed by atoms with Crippen molar-refractivity contribution < 1.29 is 9.53 Å². The maximum atomic E-state index is 12.2. The number of thiazole rings is 1. The molecule has 2 saturated heterocycles. The van der Waals surface area contributed by atoms with E-state index in [4.69, 9.17) is 9.72 Å². The number of nitrogens with one attached hydrogen (secondary N) is 1. The topological polar surface area (TPSA) is 57.7 Å². The van der Waals surface area contributed by atoms with E-state index in [0.29, 0.717) is 12.5 Å². The molecule has 7 heteroatoms. The predicted octanol–water partition coefficient (Wildman–Crippen LogP) is 1.10. The molecule has 0 aliphatic carbocycles. The standard InChI is InChI=1S/C16H26N4O2S/c1-3-22-12(2)15-18-14(11-23-15)10-19-4-6-20(7-5-19)16(21)13-8-17-9-13/h11-13,17H,3-10H2,1-2H3. The first-order chi connectivity index (χ1) is 11.2. The van der Waals surface area contributed by atoms with E-state index in [1.165, 1.54) is 0 Å². The van der Waals surface area contributed by atoms with Crippen molar-refractivity contribution in [1.82, 2.24) is 20.1 Å². The zero-order valence-corrected chi connectivity index (χ0v) is 14.8.